The summed E-state index contributed by atoms with van der Waals surface area (Å²) >= 11 is 0. The van der Waals surface area contributed by atoms with Crippen molar-refractivity contribution in [2.75, 3.05) is 31.1 Å². The Morgan fingerprint density at radius 3 is 3.00 bits per heavy atom. The van der Waals surface area contributed by atoms with Crippen molar-refractivity contribution in [2.45, 2.75) is 32.8 Å². The molecule has 0 saturated carbocycles. The monoisotopic (exact) mass is 248 g/mol. The minimum absolute atomic E-state index is 0.285. The van der Waals surface area contributed by atoms with E-state index < -0.39 is 0 Å². The van der Waals surface area contributed by atoms with Gasteiger partial charge in [-0.1, -0.05) is 25.1 Å². The zero-order valence-corrected chi connectivity index (χ0v) is 11.5. The molecule has 1 saturated heterocycles. The van der Waals surface area contributed by atoms with Crippen molar-refractivity contribution < 1.29 is 4.74 Å². The molecule has 1 aromatic carbocycles. The minimum atomic E-state index is 0.285. The van der Waals surface area contributed by atoms with Gasteiger partial charge in [0.15, 0.2) is 0 Å². The third-order valence-corrected chi connectivity index (χ3v) is 3.65. The number of hydrogen-bond acceptors (Lipinski definition) is 3. The average Bonchev–Trinajstić information content (AvgIpc) is 2.39. The highest BCUT2D eigenvalue weighted by Crippen LogP contribution is 2.27. The van der Waals surface area contributed by atoms with Crippen LogP contribution in [0.15, 0.2) is 18.2 Å². The molecule has 1 aromatic rings. The third-order valence-electron chi connectivity index (χ3n) is 3.65. The summed E-state index contributed by atoms with van der Waals surface area (Å²) in [5.74, 6) is 0. The Kier molecular flexibility index (Phi) is 4.61. The smallest absolute Gasteiger partial charge is 0.0762 e. The van der Waals surface area contributed by atoms with Gasteiger partial charge in [0.2, 0.25) is 0 Å². The van der Waals surface area contributed by atoms with Gasteiger partial charge in [0, 0.05) is 18.8 Å². The van der Waals surface area contributed by atoms with E-state index in [0.717, 1.165) is 32.5 Å². The van der Waals surface area contributed by atoms with E-state index in [4.69, 9.17) is 10.5 Å². The van der Waals surface area contributed by atoms with Crippen LogP contribution in [-0.4, -0.2) is 32.3 Å². The molecule has 100 valence electrons. The van der Waals surface area contributed by atoms with Crippen LogP contribution in [0.4, 0.5) is 5.69 Å². The lowest BCUT2D eigenvalue weighted by Crippen LogP contribution is -2.44. The number of rotatable bonds is 4. The van der Waals surface area contributed by atoms with Gasteiger partial charge in [-0.25, -0.2) is 0 Å². The number of benzene rings is 1. The highest BCUT2D eigenvalue weighted by molar-refractivity contribution is 5.59. The molecule has 0 radical (unpaired) electrons. The quantitative estimate of drug-likeness (QED) is 0.887. The molecule has 3 heteroatoms. The van der Waals surface area contributed by atoms with Crippen LogP contribution in [0.3, 0.4) is 0 Å². The van der Waals surface area contributed by atoms with Gasteiger partial charge in [0.25, 0.3) is 0 Å². The van der Waals surface area contributed by atoms with Crippen molar-refractivity contribution in [3.63, 3.8) is 0 Å². The highest BCUT2D eigenvalue weighted by Gasteiger charge is 2.22. The molecule has 0 spiro atoms. The Hall–Kier alpha value is -1.06. The normalized spacial score (nSPS) is 20.2. The van der Waals surface area contributed by atoms with E-state index >= 15 is 0 Å². The molecule has 1 aliphatic heterocycles. The van der Waals surface area contributed by atoms with E-state index in [9.17, 15) is 0 Å². The number of hydrogen-bond donors (Lipinski definition) is 1. The number of nitrogens with two attached hydrogens (primary N) is 1. The van der Waals surface area contributed by atoms with Gasteiger partial charge in [-0.05, 0) is 37.4 Å². The summed E-state index contributed by atoms with van der Waals surface area (Å²) in [6, 6.07) is 6.58. The zero-order chi connectivity index (χ0) is 13.0. The standard InChI is InChI=1S/C15H24N2O/c1-3-13-6-4-5-12(2)15(13)17-9-10-18-14(11-17)7-8-16/h4-6,14H,3,7-11,16H2,1-2H3. The number of nitrogens with zero attached hydrogens (tertiary/aromatic N) is 1. The maximum absolute atomic E-state index is 5.76. The van der Waals surface area contributed by atoms with E-state index in [1.54, 1.807) is 0 Å². The Morgan fingerprint density at radius 1 is 1.44 bits per heavy atom. The maximum Gasteiger partial charge on any atom is 0.0762 e. The average molecular weight is 248 g/mol. The SMILES string of the molecule is CCc1cccc(C)c1N1CCOC(CCN)C1. The topological polar surface area (TPSA) is 38.5 Å². The zero-order valence-electron chi connectivity index (χ0n) is 11.5. The highest BCUT2D eigenvalue weighted by atomic mass is 16.5. The Labute approximate surface area is 110 Å². The molecule has 0 aliphatic carbocycles. The second kappa shape index (κ2) is 6.21. The van der Waals surface area contributed by atoms with Gasteiger partial charge in [-0.15, -0.1) is 0 Å². The molecule has 0 amide bonds. The summed E-state index contributed by atoms with van der Waals surface area (Å²) in [4.78, 5) is 2.47. The van der Waals surface area contributed by atoms with Crippen molar-refractivity contribution in [1.82, 2.24) is 0 Å². The molecule has 2 N–H and O–H groups in total. The van der Waals surface area contributed by atoms with Crippen molar-refractivity contribution in [1.29, 1.82) is 0 Å². The summed E-state index contributed by atoms with van der Waals surface area (Å²) < 4.78 is 5.76. The van der Waals surface area contributed by atoms with E-state index in [0.29, 0.717) is 6.54 Å². The molecule has 1 heterocycles. The predicted octanol–water partition coefficient (Wildman–Crippen LogP) is 2.11. The third kappa shape index (κ3) is 2.85. The molecule has 0 bridgehead atoms. The molecule has 1 atom stereocenters. The number of anilines is 1. The van der Waals surface area contributed by atoms with Crippen LogP contribution in [0.5, 0.6) is 0 Å². The lowest BCUT2D eigenvalue weighted by Gasteiger charge is -2.36. The molecule has 1 aliphatic rings. The predicted molar refractivity (Wildman–Crippen MR) is 76.2 cm³/mol. The van der Waals surface area contributed by atoms with Crippen molar-refractivity contribution >= 4 is 5.69 Å². The molecule has 3 nitrogen and oxygen atoms in total. The molecule has 1 unspecified atom stereocenters. The summed E-state index contributed by atoms with van der Waals surface area (Å²) in [6.07, 6.45) is 2.31. The maximum atomic E-state index is 5.76. The van der Waals surface area contributed by atoms with Gasteiger partial charge in [-0.3, -0.25) is 0 Å². The molecule has 2 rings (SSSR count). The molecule has 0 aromatic heterocycles. The fourth-order valence-electron chi connectivity index (χ4n) is 2.74. The van der Waals surface area contributed by atoms with Crippen LogP contribution in [0.25, 0.3) is 0 Å². The minimum Gasteiger partial charge on any atom is -0.374 e. The van der Waals surface area contributed by atoms with Crippen LogP contribution in [0.2, 0.25) is 0 Å². The number of ether oxygens (including phenoxy) is 1. The number of para-hydroxylation sites is 1. The van der Waals surface area contributed by atoms with E-state index in [1.165, 1.54) is 16.8 Å². The fourth-order valence-corrected chi connectivity index (χ4v) is 2.74. The first-order chi connectivity index (χ1) is 8.76. The fraction of sp³-hybridized carbons (Fsp3) is 0.600. The van der Waals surface area contributed by atoms with Crippen molar-refractivity contribution in [2.24, 2.45) is 5.73 Å². The van der Waals surface area contributed by atoms with Crippen molar-refractivity contribution in [3.05, 3.63) is 29.3 Å². The van der Waals surface area contributed by atoms with Crippen LogP contribution in [0, 0.1) is 6.92 Å². The first-order valence-corrected chi connectivity index (χ1v) is 6.91. The Bertz CT molecular complexity index is 390. The molecule has 1 fully saturated rings. The van der Waals surface area contributed by atoms with E-state index in [2.05, 4.69) is 36.9 Å². The summed E-state index contributed by atoms with van der Waals surface area (Å²) in [6.45, 7) is 7.88. The van der Waals surface area contributed by atoms with Gasteiger partial charge < -0.3 is 15.4 Å². The number of aryl methyl sites for hydroxylation is 2. The molecule has 18 heavy (non-hydrogen) atoms. The van der Waals surface area contributed by atoms with E-state index in [1.807, 2.05) is 0 Å². The first kappa shape index (κ1) is 13.4. The number of morpholine rings is 1. The van der Waals surface area contributed by atoms with Crippen LogP contribution in [0.1, 0.15) is 24.5 Å². The van der Waals surface area contributed by atoms with Crippen molar-refractivity contribution in [3.8, 4) is 0 Å². The second-order valence-electron chi connectivity index (χ2n) is 4.95. The Balaban J connectivity index is 2.20. The van der Waals surface area contributed by atoms with Gasteiger partial charge in [0.1, 0.15) is 0 Å². The van der Waals surface area contributed by atoms with Gasteiger partial charge in [-0.2, -0.15) is 0 Å². The van der Waals surface area contributed by atoms with Gasteiger partial charge in [0.05, 0.1) is 12.7 Å². The van der Waals surface area contributed by atoms with E-state index in [-0.39, 0.29) is 6.10 Å². The second-order valence-corrected chi connectivity index (χ2v) is 4.95. The van der Waals surface area contributed by atoms with Crippen LogP contribution >= 0.6 is 0 Å². The lowest BCUT2D eigenvalue weighted by atomic mass is 10.0. The van der Waals surface area contributed by atoms with Crippen LogP contribution < -0.4 is 10.6 Å². The lowest BCUT2D eigenvalue weighted by molar-refractivity contribution is 0.0368. The first-order valence-electron chi connectivity index (χ1n) is 6.91. The molecular formula is C15H24N2O. The summed E-state index contributed by atoms with van der Waals surface area (Å²) in [7, 11) is 0. The summed E-state index contributed by atoms with van der Waals surface area (Å²) in [5, 5.41) is 0. The Morgan fingerprint density at radius 2 is 2.28 bits per heavy atom. The van der Waals surface area contributed by atoms with Crippen LogP contribution in [-0.2, 0) is 11.2 Å². The summed E-state index contributed by atoms with van der Waals surface area (Å²) in [5.41, 5.74) is 9.84. The largest absolute Gasteiger partial charge is 0.374 e. The molecular weight excluding hydrogens is 224 g/mol. The van der Waals surface area contributed by atoms with Gasteiger partial charge >= 0.3 is 0 Å².